The van der Waals surface area contributed by atoms with Gasteiger partial charge in [-0.05, 0) is 49.1 Å². The van der Waals surface area contributed by atoms with Crippen molar-refractivity contribution in [1.29, 1.82) is 0 Å². The van der Waals surface area contributed by atoms with Gasteiger partial charge in [-0.3, -0.25) is 9.59 Å². The third-order valence-corrected chi connectivity index (χ3v) is 6.87. The third kappa shape index (κ3) is 13.6. The maximum atomic E-state index is 13.4. The average Bonchev–Trinajstić information content (AvgIpc) is 2.87. The molecule has 1 aromatic heterocycles. The van der Waals surface area contributed by atoms with Gasteiger partial charge in [0.15, 0.2) is 12.0 Å². The first kappa shape index (κ1) is 43.0. The molecule has 0 saturated carbocycles. The van der Waals surface area contributed by atoms with E-state index in [0.717, 1.165) is 41.7 Å². The van der Waals surface area contributed by atoms with Crippen molar-refractivity contribution in [2.45, 2.75) is 43.9 Å². The Bertz CT molecular complexity index is 1280. The minimum Gasteiger partial charge on any atom is -1.00 e. The zero-order valence-electron chi connectivity index (χ0n) is 23.9. The van der Waals surface area contributed by atoms with Crippen molar-refractivity contribution in [3.63, 3.8) is 0 Å². The fourth-order valence-corrected chi connectivity index (χ4v) is 4.51. The number of pyridine rings is 1. The molecule has 0 unspecified atom stereocenters. The summed E-state index contributed by atoms with van der Waals surface area (Å²) in [5.41, 5.74) is 13.2. The average molecular weight is 687 g/mol. The van der Waals surface area contributed by atoms with Crippen molar-refractivity contribution in [3.05, 3.63) is 77.5 Å². The molecule has 43 heavy (non-hydrogen) atoms. The van der Waals surface area contributed by atoms with Crippen molar-refractivity contribution < 1.29 is 81.9 Å². The number of aromatic amines is 1. The lowest BCUT2D eigenvalue weighted by Crippen LogP contribution is -3.00. The lowest BCUT2D eigenvalue weighted by atomic mass is 9.96. The largest absolute Gasteiger partial charge is 1.00 e. The molecule has 6 N–H and O–H groups in total. The number of benzene rings is 2. The number of carbonyl (C=O) groups is 2. The fourth-order valence-electron chi connectivity index (χ4n) is 4.51. The van der Waals surface area contributed by atoms with E-state index < -0.39 is 29.7 Å². The molecule has 0 saturated heterocycles. The monoisotopic (exact) mass is 685 g/mol. The Morgan fingerprint density at radius 3 is 2.19 bits per heavy atom. The molecular weight excluding hydrogens is 649 g/mol. The number of rotatable bonds is 13. The first-order valence-electron chi connectivity index (χ1n) is 13.0. The van der Waals surface area contributed by atoms with E-state index in [-0.39, 0.29) is 68.3 Å². The number of likely N-dealkylation sites (N-methyl/N-ethyl adjacent to an activating group) is 1. The van der Waals surface area contributed by atoms with Gasteiger partial charge in [-0.15, -0.1) is 0 Å². The number of hydrogen-bond donors (Lipinski definition) is 3. The number of H-pyrrole nitrogens is 1. The predicted molar refractivity (Wildman–Crippen MR) is 144 cm³/mol. The van der Waals surface area contributed by atoms with Gasteiger partial charge >= 0.3 is 6.18 Å². The highest BCUT2D eigenvalue weighted by atomic mass is 35.5. The van der Waals surface area contributed by atoms with E-state index in [1.54, 1.807) is 6.20 Å². The van der Waals surface area contributed by atoms with Crippen LogP contribution in [0.5, 0.6) is 0 Å². The van der Waals surface area contributed by atoms with E-state index in [2.05, 4.69) is 24.4 Å². The second-order valence-electron chi connectivity index (χ2n) is 10.6. The van der Waals surface area contributed by atoms with Crippen molar-refractivity contribution in [2.75, 3.05) is 33.7 Å². The molecule has 1 amide bonds. The van der Waals surface area contributed by atoms with Gasteiger partial charge < -0.3 is 70.9 Å². The minimum absolute atomic E-state index is 0. The number of quaternary nitrogens is 1. The fraction of sp³-hybridized carbons (Fsp3) is 0.414. The number of ketones is 1. The Kier molecular flexibility index (Phi) is 19.2. The standard InChI is InChI=1S/C29H36F3N5O2.4ClH/c1-37(2,15-13-33)14-5-7-24(34)28(39)36-26(17-20-9-11-23(12-10-20)29(30,31)32)27(38)18-21-16-22-6-3-4-8-25(22)35-19-21;;;;/h3-4,6,8-12,16,19,24,26H,5,7,13-15,17-18,33-34H2,1-2H3;4*1H/p-2/t24-,26-;;;;/m0..../s1. The van der Waals surface area contributed by atoms with Crippen LogP contribution in [0.3, 0.4) is 0 Å². The number of aromatic nitrogens is 1. The number of nitrogens with one attached hydrogen (secondary N) is 2. The van der Waals surface area contributed by atoms with Crippen LogP contribution in [0.4, 0.5) is 13.2 Å². The number of nitrogens with zero attached hydrogens (tertiary/aromatic N) is 1. The van der Waals surface area contributed by atoms with Crippen molar-refractivity contribution in [2.24, 2.45) is 11.5 Å². The van der Waals surface area contributed by atoms with E-state index in [1.165, 1.54) is 12.1 Å². The number of alkyl halides is 3. The molecule has 3 rings (SSSR count). The predicted octanol–water partition coefficient (Wildman–Crippen LogP) is -9.33. The Morgan fingerprint density at radius 1 is 0.953 bits per heavy atom. The Labute approximate surface area is 275 Å². The summed E-state index contributed by atoms with van der Waals surface area (Å²) in [7, 11) is 4.11. The van der Waals surface area contributed by atoms with E-state index in [0.29, 0.717) is 29.4 Å². The van der Waals surface area contributed by atoms with Gasteiger partial charge in [0.25, 0.3) is 0 Å². The molecule has 2 aromatic carbocycles. The van der Waals surface area contributed by atoms with E-state index in [1.807, 2.05) is 30.3 Å². The topological polar surface area (TPSA) is 112 Å². The zero-order valence-corrected chi connectivity index (χ0v) is 27.0. The van der Waals surface area contributed by atoms with Crippen LogP contribution in [0.15, 0.2) is 60.8 Å². The Hall–Kier alpha value is -2.18. The maximum absolute atomic E-state index is 13.4. The second-order valence-corrected chi connectivity index (χ2v) is 10.6. The minimum atomic E-state index is -4.46. The van der Waals surface area contributed by atoms with Crippen LogP contribution < -0.4 is 71.4 Å². The molecule has 0 bridgehead atoms. The molecule has 1 heterocycles. The molecule has 7 nitrogen and oxygen atoms in total. The molecule has 0 fully saturated rings. The van der Waals surface area contributed by atoms with E-state index in [4.69, 9.17) is 11.5 Å². The van der Waals surface area contributed by atoms with Gasteiger partial charge in [-0.1, -0.05) is 24.3 Å². The molecule has 14 heteroatoms. The van der Waals surface area contributed by atoms with Gasteiger partial charge in [0, 0.05) is 30.0 Å². The first-order chi connectivity index (χ1) is 18.4. The van der Waals surface area contributed by atoms with Crippen LogP contribution >= 0.6 is 0 Å². The molecule has 3 aromatic rings. The van der Waals surface area contributed by atoms with Gasteiger partial charge in [0.05, 0.1) is 44.8 Å². The third-order valence-electron chi connectivity index (χ3n) is 6.87. The molecule has 0 aliphatic heterocycles. The summed E-state index contributed by atoms with van der Waals surface area (Å²) < 4.78 is 39.7. The zero-order chi connectivity index (χ0) is 28.6. The Morgan fingerprint density at radius 2 is 1.58 bits per heavy atom. The van der Waals surface area contributed by atoms with Gasteiger partial charge in [-0.25, -0.2) is 4.98 Å². The van der Waals surface area contributed by atoms with Gasteiger partial charge in [0.2, 0.25) is 11.4 Å². The maximum Gasteiger partial charge on any atom is 0.416 e. The van der Waals surface area contributed by atoms with E-state index >= 15 is 0 Å². The molecule has 2 atom stereocenters. The number of Topliss-reactive ketones (excluding diaryl/α,β-unsaturated/α-hetero) is 1. The van der Waals surface area contributed by atoms with E-state index in [9.17, 15) is 22.8 Å². The van der Waals surface area contributed by atoms with Crippen LogP contribution in [0, 0.1) is 0 Å². The summed E-state index contributed by atoms with van der Waals surface area (Å²) in [5.74, 6) is -0.727. The Balaban J connectivity index is 0. The van der Waals surface area contributed by atoms with Crippen LogP contribution in [-0.4, -0.2) is 62.0 Å². The SMILES string of the molecule is C[N+](C)(CCN)CCC[C@H](N)C(=O)N[C@@H](Cc1ccc(C(F)(F)F)cc1)C(=O)Cc1c[nH+]c2ccccc2c1.[Cl-].[Cl-].[Cl-].[Cl-]. The highest BCUT2D eigenvalue weighted by Crippen LogP contribution is 2.29. The number of para-hydroxylation sites is 1. The lowest BCUT2D eigenvalue weighted by molar-refractivity contribution is -0.889. The highest BCUT2D eigenvalue weighted by Gasteiger charge is 2.30. The van der Waals surface area contributed by atoms with Crippen molar-refractivity contribution in [1.82, 2.24) is 5.32 Å². The quantitative estimate of drug-likeness (QED) is 0.155. The second kappa shape index (κ2) is 19.3. The molecule has 0 spiro atoms. The van der Waals surface area contributed by atoms with Gasteiger partial charge in [-0.2, -0.15) is 13.2 Å². The summed E-state index contributed by atoms with van der Waals surface area (Å²) in [5, 5.41) is 3.70. The van der Waals surface area contributed by atoms with Crippen LogP contribution in [0.1, 0.15) is 29.5 Å². The number of amides is 1. The molecule has 0 aliphatic rings. The molecule has 0 aliphatic carbocycles. The number of halogens is 7. The smallest absolute Gasteiger partial charge is 0.416 e. The van der Waals surface area contributed by atoms with Crippen molar-refractivity contribution >= 4 is 22.6 Å². The number of fused-ring (bicyclic) bond motifs is 1. The summed E-state index contributed by atoms with van der Waals surface area (Å²) in [6.07, 6.45) is -1.51. The summed E-state index contributed by atoms with van der Waals surface area (Å²) >= 11 is 0. The number of carbonyl (C=O) groups excluding carboxylic acids is 2. The number of nitrogens with two attached hydrogens (primary N) is 2. The lowest BCUT2D eigenvalue weighted by Gasteiger charge is -2.29. The normalized spacial score (nSPS) is 12.4. The van der Waals surface area contributed by atoms with Crippen LogP contribution in [-0.2, 0) is 28.6 Å². The highest BCUT2D eigenvalue weighted by molar-refractivity contribution is 5.92. The van der Waals surface area contributed by atoms with Crippen molar-refractivity contribution in [3.8, 4) is 0 Å². The molecular formula is C29H38Cl4F3N5O2-2. The summed E-state index contributed by atoms with van der Waals surface area (Å²) in [6, 6.07) is 12.4. The van der Waals surface area contributed by atoms with Crippen LogP contribution in [0.25, 0.3) is 10.9 Å². The summed E-state index contributed by atoms with van der Waals surface area (Å²) in [6.45, 7) is 2.16. The molecule has 0 radical (unpaired) electrons. The first-order valence-corrected chi connectivity index (χ1v) is 13.0. The van der Waals surface area contributed by atoms with Gasteiger partial charge in [0.1, 0.15) is 0 Å². The summed E-state index contributed by atoms with van der Waals surface area (Å²) in [4.78, 5) is 29.5. The molecule has 242 valence electrons. The van der Waals surface area contributed by atoms with Crippen LogP contribution in [0.2, 0.25) is 0 Å². The number of hydrogen-bond acceptors (Lipinski definition) is 4.